The van der Waals surface area contributed by atoms with Crippen LogP contribution >= 0.6 is 0 Å². The lowest BCUT2D eigenvalue weighted by Crippen LogP contribution is -2.33. The number of hydrazone groups is 2. The standard InChI is InChI=1S/C19H21N7O5/c1-11-8-9-13(15(10-11)26(29)30)23-24-17(12(2)22-25-19(20)28)18(27)21-14-6-4-5-7-16(14)31-3/h4-10,23H,1-3H3,(H,21,27)(H3,20,25,28)/b22-12-,24-17+. The number of para-hydroxylation sites is 2. The number of amides is 3. The first-order chi connectivity index (χ1) is 14.7. The van der Waals surface area contributed by atoms with E-state index in [1.165, 1.54) is 26.2 Å². The molecule has 5 N–H and O–H groups in total. The summed E-state index contributed by atoms with van der Waals surface area (Å²) in [6.07, 6.45) is 0. The molecular formula is C19H21N7O5. The maximum atomic E-state index is 12.9. The van der Waals surface area contributed by atoms with Gasteiger partial charge in [-0.05, 0) is 37.6 Å². The zero-order valence-electron chi connectivity index (χ0n) is 17.0. The van der Waals surface area contributed by atoms with Crippen molar-refractivity contribution in [2.75, 3.05) is 17.9 Å². The predicted octanol–water partition coefficient (Wildman–Crippen LogP) is 2.36. The number of nitrogens with one attached hydrogen (secondary N) is 3. The van der Waals surface area contributed by atoms with Gasteiger partial charge < -0.3 is 15.8 Å². The second kappa shape index (κ2) is 10.3. The molecule has 0 radical (unpaired) electrons. The van der Waals surface area contributed by atoms with Crippen LogP contribution in [0.1, 0.15) is 12.5 Å². The van der Waals surface area contributed by atoms with Crippen LogP contribution in [-0.2, 0) is 4.79 Å². The fourth-order valence-electron chi connectivity index (χ4n) is 2.42. The summed E-state index contributed by atoms with van der Waals surface area (Å²) in [7, 11) is 1.45. The summed E-state index contributed by atoms with van der Waals surface area (Å²) in [4.78, 5) is 34.6. The summed E-state index contributed by atoms with van der Waals surface area (Å²) in [5.74, 6) is -0.304. The van der Waals surface area contributed by atoms with Crippen LogP contribution in [0.15, 0.2) is 52.7 Å². The number of anilines is 2. The Morgan fingerprint density at radius 3 is 2.48 bits per heavy atom. The van der Waals surface area contributed by atoms with E-state index in [0.717, 1.165) is 0 Å². The molecule has 31 heavy (non-hydrogen) atoms. The van der Waals surface area contributed by atoms with Crippen LogP contribution < -0.4 is 26.6 Å². The molecule has 0 saturated carbocycles. The van der Waals surface area contributed by atoms with Gasteiger partial charge >= 0.3 is 6.03 Å². The number of carbonyl (C=O) groups is 2. The van der Waals surface area contributed by atoms with Gasteiger partial charge in [-0.1, -0.05) is 18.2 Å². The SMILES string of the molecule is COc1ccccc1NC(=O)C(=N/Nc1ccc(C)cc1[N+](=O)[O-])/C(C)=N\NC(N)=O. The fourth-order valence-corrected chi connectivity index (χ4v) is 2.42. The summed E-state index contributed by atoms with van der Waals surface area (Å²) in [5, 5.41) is 21.6. The third kappa shape index (κ3) is 6.25. The maximum Gasteiger partial charge on any atom is 0.332 e. The van der Waals surface area contributed by atoms with Crippen LogP contribution in [0.2, 0.25) is 0 Å². The number of benzene rings is 2. The number of methoxy groups -OCH3 is 1. The van der Waals surface area contributed by atoms with Crippen molar-refractivity contribution in [1.29, 1.82) is 0 Å². The Balaban J connectivity index is 2.41. The molecule has 2 aromatic carbocycles. The first-order valence-corrected chi connectivity index (χ1v) is 8.86. The van der Waals surface area contributed by atoms with Crippen molar-refractivity contribution in [3.63, 3.8) is 0 Å². The Hall–Kier alpha value is -4.48. The van der Waals surface area contributed by atoms with Crippen LogP contribution in [0.3, 0.4) is 0 Å². The van der Waals surface area contributed by atoms with Crippen molar-refractivity contribution in [2.45, 2.75) is 13.8 Å². The quantitative estimate of drug-likeness (QED) is 0.286. The lowest BCUT2D eigenvalue weighted by atomic mass is 10.2. The van der Waals surface area contributed by atoms with Crippen molar-refractivity contribution in [3.05, 3.63) is 58.1 Å². The molecule has 0 spiro atoms. The molecule has 0 aliphatic carbocycles. The molecule has 0 atom stereocenters. The van der Waals surface area contributed by atoms with E-state index in [-0.39, 0.29) is 22.8 Å². The number of nitro groups is 1. The zero-order chi connectivity index (χ0) is 23.0. The number of rotatable bonds is 8. The molecule has 0 bridgehead atoms. The highest BCUT2D eigenvalue weighted by atomic mass is 16.6. The van der Waals surface area contributed by atoms with Gasteiger partial charge in [-0.15, -0.1) is 0 Å². The Labute approximate surface area is 177 Å². The van der Waals surface area contributed by atoms with Gasteiger partial charge in [0.15, 0.2) is 5.71 Å². The lowest BCUT2D eigenvalue weighted by Gasteiger charge is -2.12. The number of nitrogens with two attached hydrogens (primary N) is 1. The summed E-state index contributed by atoms with van der Waals surface area (Å²) in [6.45, 7) is 3.11. The third-order valence-corrected chi connectivity index (χ3v) is 3.88. The van der Waals surface area contributed by atoms with Gasteiger partial charge in [-0.2, -0.15) is 10.2 Å². The Morgan fingerprint density at radius 1 is 1.13 bits per heavy atom. The highest BCUT2D eigenvalue weighted by molar-refractivity contribution is 6.68. The average molecular weight is 427 g/mol. The van der Waals surface area contributed by atoms with Gasteiger partial charge in [-0.25, -0.2) is 10.2 Å². The van der Waals surface area contributed by atoms with Gasteiger partial charge in [0.2, 0.25) is 0 Å². The molecule has 0 heterocycles. The molecule has 0 saturated heterocycles. The minimum Gasteiger partial charge on any atom is -0.495 e. The summed E-state index contributed by atoms with van der Waals surface area (Å²) >= 11 is 0. The second-order valence-corrected chi connectivity index (χ2v) is 6.18. The van der Waals surface area contributed by atoms with Gasteiger partial charge in [0, 0.05) is 6.07 Å². The van der Waals surface area contributed by atoms with Crippen LogP contribution in [0.4, 0.5) is 21.9 Å². The Kier molecular flexibility index (Phi) is 7.61. The Morgan fingerprint density at radius 2 is 1.84 bits per heavy atom. The molecule has 0 fully saturated rings. The summed E-state index contributed by atoms with van der Waals surface area (Å²) in [5.41, 5.74) is 10.1. The average Bonchev–Trinajstić information content (AvgIpc) is 2.73. The topological polar surface area (TPSA) is 173 Å². The number of nitro benzene ring substituents is 1. The maximum absolute atomic E-state index is 12.9. The van der Waals surface area contributed by atoms with E-state index in [1.807, 2.05) is 5.43 Å². The van der Waals surface area contributed by atoms with E-state index in [4.69, 9.17) is 10.5 Å². The van der Waals surface area contributed by atoms with Gasteiger partial charge in [0.05, 0.1) is 23.4 Å². The first kappa shape index (κ1) is 22.8. The number of hydrogen-bond acceptors (Lipinski definition) is 8. The summed E-state index contributed by atoms with van der Waals surface area (Å²) < 4.78 is 5.20. The van der Waals surface area contributed by atoms with E-state index in [9.17, 15) is 19.7 Å². The number of nitrogens with zero attached hydrogens (tertiary/aromatic N) is 3. The van der Waals surface area contributed by atoms with E-state index in [0.29, 0.717) is 17.0 Å². The molecule has 162 valence electrons. The van der Waals surface area contributed by atoms with Crippen LogP contribution in [0, 0.1) is 17.0 Å². The molecule has 0 aliphatic heterocycles. The monoisotopic (exact) mass is 427 g/mol. The largest absolute Gasteiger partial charge is 0.495 e. The van der Waals surface area contributed by atoms with Crippen LogP contribution in [-0.4, -0.2) is 35.4 Å². The number of urea groups is 1. The van der Waals surface area contributed by atoms with Crippen LogP contribution in [0.5, 0.6) is 5.75 Å². The minimum atomic E-state index is -0.939. The molecule has 0 aromatic heterocycles. The highest BCUT2D eigenvalue weighted by Crippen LogP contribution is 2.26. The fraction of sp³-hybridized carbons (Fsp3) is 0.158. The van der Waals surface area contributed by atoms with Gasteiger partial charge in [-0.3, -0.25) is 20.3 Å². The molecule has 12 heteroatoms. The number of ether oxygens (including phenoxy) is 1. The number of hydrogen-bond donors (Lipinski definition) is 4. The number of carbonyl (C=O) groups excluding carboxylic acids is 2. The van der Waals surface area contributed by atoms with Crippen molar-refractivity contribution in [1.82, 2.24) is 5.43 Å². The van der Waals surface area contributed by atoms with E-state index in [2.05, 4.69) is 20.9 Å². The lowest BCUT2D eigenvalue weighted by molar-refractivity contribution is -0.384. The van der Waals surface area contributed by atoms with Crippen molar-refractivity contribution in [2.24, 2.45) is 15.9 Å². The van der Waals surface area contributed by atoms with Crippen molar-refractivity contribution in [3.8, 4) is 5.75 Å². The van der Waals surface area contributed by atoms with Crippen molar-refractivity contribution >= 4 is 40.4 Å². The van der Waals surface area contributed by atoms with E-state index >= 15 is 0 Å². The van der Waals surface area contributed by atoms with Crippen molar-refractivity contribution < 1.29 is 19.2 Å². The smallest absolute Gasteiger partial charge is 0.332 e. The second-order valence-electron chi connectivity index (χ2n) is 6.18. The normalized spacial score (nSPS) is 11.5. The highest BCUT2D eigenvalue weighted by Gasteiger charge is 2.19. The number of aryl methyl sites for hydroxylation is 1. The van der Waals surface area contributed by atoms with E-state index < -0.39 is 16.9 Å². The molecule has 0 unspecified atom stereocenters. The molecule has 2 aromatic rings. The molecular weight excluding hydrogens is 406 g/mol. The summed E-state index contributed by atoms with van der Waals surface area (Å²) in [6, 6.07) is 10.2. The van der Waals surface area contributed by atoms with Gasteiger partial charge in [0.25, 0.3) is 11.6 Å². The molecule has 12 nitrogen and oxygen atoms in total. The first-order valence-electron chi connectivity index (χ1n) is 8.86. The molecule has 0 aliphatic rings. The Bertz CT molecular complexity index is 1070. The zero-order valence-corrected chi connectivity index (χ0v) is 17.0. The van der Waals surface area contributed by atoms with Gasteiger partial charge in [0.1, 0.15) is 11.4 Å². The molecule has 2 rings (SSSR count). The molecule has 3 amide bonds. The van der Waals surface area contributed by atoms with Crippen LogP contribution in [0.25, 0.3) is 0 Å². The third-order valence-electron chi connectivity index (χ3n) is 3.88. The van der Waals surface area contributed by atoms with E-state index in [1.54, 1.807) is 37.3 Å². The minimum absolute atomic E-state index is 0.00605. The predicted molar refractivity (Wildman–Crippen MR) is 116 cm³/mol. The number of primary amides is 1.